The number of aryl methyl sites for hydroxylation is 1. The molecule has 1 aliphatic rings. The zero-order valence-corrected chi connectivity index (χ0v) is 17.4. The van der Waals surface area contributed by atoms with Crippen LogP contribution >= 0.6 is 0 Å². The summed E-state index contributed by atoms with van der Waals surface area (Å²) in [7, 11) is 1.71. The fourth-order valence-corrected chi connectivity index (χ4v) is 4.15. The summed E-state index contributed by atoms with van der Waals surface area (Å²) >= 11 is 0. The standard InChI is InChI=1S/C22H26FN5O3/c1-26-20-18(13-25-26)21(30)28(15-24-20)14-22(31)7-9-27(10-8-22)19(29)11-17(12-23)16-5-3-2-4-6-16/h2-6,13,15,17,31H,7-12,14H2,1H3. The first-order valence-electron chi connectivity index (χ1n) is 10.4. The summed E-state index contributed by atoms with van der Waals surface area (Å²) in [6.07, 6.45) is 3.66. The summed E-state index contributed by atoms with van der Waals surface area (Å²) < 4.78 is 16.5. The van der Waals surface area contributed by atoms with E-state index in [1.165, 1.54) is 21.8 Å². The van der Waals surface area contributed by atoms with E-state index in [1.807, 2.05) is 30.3 Å². The molecule has 0 aliphatic carbocycles. The summed E-state index contributed by atoms with van der Waals surface area (Å²) in [5.41, 5.74) is -0.0606. The molecule has 1 unspecified atom stereocenters. The predicted octanol–water partition coefficient (Wildman–Crippen LogP) is 1.63. The average Bonchev–Trinajstić information content (AvgIpc) is 3.16. The molecule has 1 aromatic carbocycles. The van der Waals surface area contributed by atoms with E-state index in [1.54, 1.807) is 11.9 Å². The van der Waals surface area contributed by atoms with Gasteiger partial charge in [0.1, 0.15) is 11.7 Å². The van der Waals surface area contributed by atoms with Crippen LogP contribution in [-0.4, -0.2) is 60.6 Å². The van der Waals surface area contributed by atoms with Gasteiger partial charge in [0.15, 0.2) is 5.65 Å². The van der Waals surface area contributed by atoms with Crippen LogP contribution in [0.2, 0.25) is 0 Å². The molecule has 0 bridgehead atoms. The number of carbonyl (C=O) groups excluding carboxylic acids is 1. The Labute approximate surface area is 178 Å². The predicted molar refractivity (Wildman–Crippen MR) is 113 cm³/mol. The lowest BCUT2D eigenvalue weighted by Crippen LogP contribution is -2.49. The van der Waals surface area contributed by atoms with Gasteiger partial charge in [-0.3, -0.25) is 23.2 Å². The molecule has 2 aromatic heterocycles. The first-order valence-corrected chi connectivity index (χ1v) is 10.4. The SMILES string of the molecule is Cn1ncc2c(=O)n(CC3(O)CCN(C(=O)CC(CF)c4ccccc4)CC3)cnc21. The molecule has 1 saturated heterocycles. The summed E-state index contributed by atoms with van der Waals surface area (Å²) in [6, 6.07) is 9.19. The van der Waals surface area contributed by atoms with Crippen molar-refractivity contribution in [2.45, 2.75) is 37.3 Å². The Bertz CT molecular complexity index is 1120. The van der Waals surface area contributed by atoms with E-state index in [0.29, 0.717) is 37.0 Å². The number of piperidine rings is 1. The number of fused-ring (bicyclic) bond motifs is 1. The number of hydrogen-bond donors (Lipinski definition) is 1. The van der Waals surface area contributed by atoms with Gasteiger partial charge >= 0.3 is 0 Å². The number of amides is 1. The Balaban J connectivity index is 1.39. The van der Waals surface area contributed by atoms with E-state index in [0.717, 1.165) is 5.56 Å². The number of rotatable bonds is 6. The number of aliphatic hydroxyl groups is 1. The molecule has 0 radical (unpaired) electrons. The third-order valence-corrected chi connectivity index (χ3v) is 6.11. The first kappa shape index (κ1) is 21.2. The second-order valence-corrected chi connectivity index (χ2v) is 8.25. The van der Waals surface area contributed by atoms with E-state index in [-0.39, 0.29) is 24.4 Å². The van der Waals surface area contributed by atoms with Gasteiger partial charge in [0, 0.05) is 32.5 Å². The van der Waals surface area contributed by atoms with Crippen LogP contribution in [-0.2, 0) is 18.4 Å². The molecule has 0 saturated carbocycles. The molecule has 8 nitrogen and oxygen atoms in total. The Morgan fingerprint density at radius 3 is 2.65 bits per heavy atom. The normalized spacial score (nSPS) is 17.1. The molecule has 9 heteroatoms. The Morgan fingerprint density at radius 2 is 1.97 bits per heavy atom. The number of hydrogen-bond acceptors (Lipinski definition) is 5. The third kappa shape index (κ3) is 4.36. The Morgan fingerprint density at radius 1 is 1.26 bits per heavy atom. The lowest BCUT2D eigenvalue weighted by Gasteiger charge is -2.38. The van der Waals surface area contributed by atoms with Gasteiger partial charge in [0.2, 0.25) is 5.91 Å². The molecule has 1 amide bonds. The average molecular weight is 427 g/mol. The lowest BCUT2D eigenvalue weighted by atomic mass is 9.90. The first-order chi connectivity index (χ1) is 14.9. The molecule has 3 heterocycles. The molecule has 1 atom stereocenters. The topological polar surface area (TPSA) is 93.2 Å². The van der Waals surface area contributed by atoms with Gasteiger partial charge < -0.3 is 10.0 Å². The molecule has 3 aromatic rings. The van der Waals surface area contributed by atoms with Gasteiger partial charge in [-0.2, -0.15) is 5.10 Å². The van der Waals surface area contributed by atoms with Crippen molar-refractivity contribution in [3.05, 3.63) is 58.8 Å². The quantitative estimate of drug-likeness (QED) is 0.645. The van der Waals surface area contributed by atoms with Crippen molar-refractivity contribution < 1.29 is 14.3 Å². The number of carbonyl (C=O) groups is 1. The Hall–Kier alpha value is -3.07. The van der Waals surface area contributed by atoms with Crippen LogP contribution in [0.4, 0.5) is 4.39 Å². The smallest absolute Gasteiger partial charge is 0.264 e. The van der Waals surface area contributed by atoms with Gasteiger partial charge in [0.05, 0.1) is 25.0 Å². The summed E-state index contributed by atoms with van der Waals surface area (Å²) in [5.74, 6) is -0.588. The molecular weight excluding hydrogens is 401 g/mol. The summed E-state index contributed by atoms with van der Waals surface area (Å²) in [6.45, 7) is 0.226. The van der Waals surface area contributed by atoms with Crippen molar-refractivity contribution in [2.75, 3.05) is 19.8 Å². The number of benzene rings is 1. The third-order valence-electron chi connectivity index (χ3n) is 6.11. The van der Waals surface area contributed by atoms with Gasteiger partial charge in [0.25, 0.3) is 5.56 Å². The number of nitrogens with zero attached hydrogens (tertiary/aromatic N) is 5. The maximum Gasteiger partial charge on any atom is 0.264 e. The minimum atomic E-state index is -1.11. The summed E-state index contributed by atoms with van der Waals surface area (Å²) in [5, 5.41) is 15.5. The van der Waals surface area contributed by atoms with Crippen LogP contribution in [0.25, 0.3) is 11.0 Å². The highest BCUT2D eigenvalue weighted by atomic mass is 19.1. The minimum Gasteiger partial charge on any atom is -0.388 e. The van der Waals surface area contributed by atoms with Crippen LogP contribution in [0, 0.1) is 0 Å². The van der Waals surface area contributed by atoms with Gasteiger partial charge in [-0.1, -0.05) is 30.3 Å². The van der Waals surface area contributed by atoms with E-state index >= 15 is 0 Å². The van der Waals surface area contributed by atoms with Crippen molar-refractivity contribution in [3.63, 3.8) is 0 Å². The number of aromatic nitrogens is 4. The van der Waals surface area contributed by atoms with Crippen molar-refractivity contribution in [1.29, 1.82) is 0 Å². The highest BCUT2D eigenvalue weighted by Gasteiger charge is 2.35. The summed E-state index contributed by atoms with van der Waals surface area (Å²) in [4.78, 5) is 31.3. The Kier molecular flexibility index (Phi) is 5.86. The van der Waals surface area contributed by atoms with Crippen LogP contribution in [0.15, 0.2) is 47.7 Å². The monoisotopic (exact) mass is 427 g/mol. The molecule has 4 rings (SSSR count). The zero-order valence-electron chi connectivity index (χ0n) is 17.4. The van der Waals surface area contributed by atoms with Gasteiger partial charge in [-0.15, -0.1) is 0 Å². The maximum atomic E-state index is 13.5. The van der Waals surface area contributed by atoms with Crippen molar-refractivity contribution >= 4 is 16.9 Å². The molecule has 31 heavy (non-hydrogen) atoms. The van der Waals surface area contributed by atoms with Crippen LogP contribution < -0.4 is 5.56 Å². The lowest BCUT2D eigenvalue weighted by molar-refractivity contribution is -0.136. The fourth-order valence-electron chi connectivity index (χ4n) is 4.15. The highest BCUT2D eigenvalue weighted by Crippen LogP contribution is 2.27. The van der Waals surface area contributed by atoms with E-state index < -0.39 is 18.2 Å². The second kappa shape index (κ2) is 8.58. The zero-order chi connectivity index (χ0) is 22.0. The molecule has 1 fully saturated rings. The van der Waals surface area contributed by atoms with Crippen LogP contribution in [0.3, 0.4) is 0 Å². The van der Waals surface area contributed by atoms with Crippen LogP contribution in [0.5, 0.6) is 0 Å². The van der Waals surface area contributed by atoms with Crippen molar-refractivity contribution in [1.82, 2.24) is 24.2 Å². The molecule has 1 aliphatic heterocycles. The minimum absolute atomic E-state index is 0.0972. The number of likely N-dealkylation sites (tertiary alicyclic amines) is 1. The fraction of sp³-hybridized carbons (Fsp3) is 0.455. The molecular formula is C22H26FN5O3. The van der Waals surface area contributed by atoms with Gasteiger partial charge in [-0.25, -0.2) is 4.98 Å². The van der Waals surface area contributed by atoms with Gasteiger partial charge in [-0.05, 0) is 18.4 Å². The van der Waals surface area contributed by atoms with Crippen molar-refractivity contribution in [2.24, 2.45) is 7.05 Å². The van der Waals surface area contributed by atoms with E-state index in [9.17, 15) is 19.1 Å². The second-order valence-electron chi connectivity index (χ2n) is 8.25. The van der Waals surface area contributed by atoms with E-state index in [2.05, 4.69) is 10.1 Å². The molecule has 0 spiro atoms. The highest BCUT2D eigenvalue weighted by molar-refractivity contribution is 5.77. The number of alkyl halides is 1. The van der Waals surface area contributed by atoms with Crippen LogP contribution in [0.1, 0.15) is 30.7 Å². The van der Waals surface area contributed by atoms with Crippen molar-refractivity contribution in [3.8, 4) is 0 Å². The van der Waals surface area contributed by atoms with E-state index in [4.69, 9.17) is 0 Å². The molecule has 1 N–H and O–H groups in total. The number of halogens is 1. The largest absolute Gasteiger partial charge is 0.388 e. The molecule has 164 valence electrons. The maximum absolute atomic E-state index is 13.5.